The number of hydrogen-bond donors (Lipinski definition) is 2. The quantitative estimate of drug-likeness (QED) is 0.544. The van der Waals surface area contributed by atoms with Crippen LogP contribution in [-0.2, 0) is 16.0 Å². The first-order valence-corrected chi connectivity index (χ1v) is 5.64. The lowest BCUT2D eigenvalue weighted by molar-refractivity contribution is -0.143. The number of carbonyl (C=O) groups is 1. The number of unbranched alkanes of at least 4 members (excludes halogenated alkanes) is 3. The molecule has 0 unspecified atom stereocenters. The van der Waals surface area contributed by atoms with Crippen molar-refractivity contribution in [1.82, 2.24) is 9.97 Å². The molecule has 0 bridgehead atoms. The molecule has 1 aromatic heterocycles. The zero-order chi connectivity index (χ0) is 11.8. The number of nitrogens with one attached hydrogen (secondary N) is 2. The Labute approximate surface area is 94.2 Å². The molecule has 2 N–H and O–H groups in total. The van der Waals surface area contributed by atoms with E-state index in [4.69, 9.17) is 4.74 Å². The highest BCUT2D eigenvalue weighted by molar-refractivity contribution is 5.71. The second-order valence-electron chi connectivity index (χ2n) is 3.73. The second kappa shape index (κ2) is 6.87. The van der Waals surface area contributed by atoms with Gasteiger partial charge in [0.1, 0.15) is 0 Å². The number of imidazole rings is 1. The third kappa shape index (κ3) is 4.82. The van der Waals surface area contributed by atoms with Crippen LogP contribution in [0.15, 0.2) is 11.0 Å². The summed E-state index contributed by atoms with van der Waals surface area (Å²) in [5.41, 5.74) is 0.259. The summed E-state index contributed by atoms with van der Waals surface area (Å²) >= 11 is 0. The number of ether oxygens (including phenoxy) is 1. The number of esters is 1. The highest BCUT2D eigenvalue weighted by Crippen LogP contribution is 2.00. The molecule has 0 aliphatic heterocycles. The van der Waals surface area contributed by atoms with Gasteiger partial charge >= 0.3 is 11.7 Å². The molecule has 1 heterocycles. The van der Waals surface area contributed by atoms with Gasteiger partial charge in [0.2, 0.25) is 0 Å². The van der Waals surface area contributed by atoms with Crippen LogP contribution < -0.4 is 5.69 Å². The molecule has 5 nitrogen and oxygen atoms in total. The highest BCUT2D eigenvalue weighted by Gasteiger charge is 2.05. The van der Waals surface area contributed by atoms with Crippen molar-refractivity contribution in [3.63, 3.8) is 0 Å². The summed E-state index contributed by atoms with van der Waals surface area (Å²) in [4.78, 5) is 27.0. The standard InChI is InChI=1S/C11H18N2O3/c1-2-3-4-5-6-16-10(14)7-9-8-12-11(15)13-9/h8H,2-7H2,1H3,(H2,12,13,15). The first-order chi connectivity index (χ1) is 7.72. The molecule has 16 heavy (non-hydrogen) atoms. The molecule has 0 aliphatic rings. The monoisotopic (exact) mass is 226 g/mol. The summed E-state index contributed by atoms with van der Waals surface area (Å²) < 4.78 is 5.03. The van der Waals surface area contributed by atoms with E-state index in [2.05, 4.69) is 16.9 Å². The molecule has 0 saturated heterocycles. The Morgan fingerprint density at radius 1 is 1.38 bits per heavy atom. The van der Waals surface area contributed by atoms with E-state index < -0.39 is 0 Å². The lowest BCUT2D eigenvalue weighted by Crippen LogP contribution is -2.10. The van der Waals surface area contributed by atoms with Gasteiger partial charge in [0.05, 0.1) is 13.0 Å². The van der Waals surface area contributed by atoms with Crippen molar-refractivity contribution in [2.75, 3.05) is 6.61 Å². The first-order valence-electron chi connectivity index (χ1n) is 5.64. The van der Waals surface area contributed by atoms with Crippen LogP contribution >= 0.6 is 0 Å². The van der Waals surface area contributed by atoms with Gasteiger partial charge in [-0.3, -0.25) is 4.79 Å². The highest BCUT2D eigenvalue weighted by atomic mass is 16.5. The molecule has 0 fully saturated rings. The number of H-pyrrole nitrogens is 2. The van der Waals surface area contributed by atoms with Crippen molar-refractivity contribution < 1.29 is 9.53 Å². The zero-order valence-corrected chi connectivity index (χ0v) is 9.54. The Balaban J connectivity index is 2.14. The lowest BCUT2D eigenvalue weighted by Gasteiger charge is -2.03. The third-order valence-corrected chi connectivity index (χ3v) is 2.25. The topological polar surface area (TPSA) is 75.0 Å². The Bertz CT molecular complexity index is 367. The van der Waals surface area contributed by atoms with E-state index in [1.807, 2.05) is 0 Å². The third-order valence-electron chi connectivity index (χ3n) is 2.25. The minimum Gasteiger partial charge on any atom is -0.465 e. The van der Waals surface area contributed by atoms with Crippen molar-refractivity contribution in [2.24, 2.45) is 0 Å². The Hall–Kier alpha value is -1.52. The normalized spacial score (nSPS) is 10.3. The summed E-state index contributed by atoms with van der Waals surface area (Å²) in [7, 11) is 0. The van der Waals surface area contributed by atoms with E-state index in [1.165, 1.54) is 19.0 Å². The first kappa shape index (κ1) is 12.5. The summed E-state index contributed by atoms with van der Waals surface area (Å²) in [6.07, 6.45) is 5.93. The Morgan fingerprint density at radius 3 is 2.81 bits per heavy atom. The molecular formula is C11H18N2O3. The Morgan fingerprint density at radius 2 is 2.19 bits per heavy atom. The molecule has 0 aliphatic carbocycles. The van der Waals surface area contributed by atoms with Gasteiger partial charge in [-0.15, -0.1) is 0 Å². The fraction of sp³-hybridized carbons (Fsp3) is 0.636. The predicted molar refractivity (Wildman–Crippen MR) is 60.2 cm³/mol. The van der Waals surface area contributed by atoms with Crippen LogP contribution in [0.3, 0.4) is 0 Å². The maximum atomic E-state index is 11.3. The molecule has 1 rings (SSSR count). The molecule has 90 valence electrons. The number of aromatic nitrogens is 2. The van der Waals surface area contributed by atoms with Gasteiger partial charge in [-0.05, 0) is 6.42 Å². The fourth-order valence-electron chi connectivity index (χ4n) is 1.39. The van der Waals surface area contributed by atoms with Crippen molar-refractivity contribution >= 4 is 5.97 Å². The van der Waals surface area contributed by atoms with Gasteiger partial charge < -0.3 is 14.7 Å². The number of rotatable bonds is 7. The van der Waals surface area contributed by atoms with Crippen molar-refractivity contribution in [1.29, 1.82) is 0 Å². The zero-order valence-electron chi connectivity index (χ0n) is 9.54. The molecule has 0 spiro atoms. The van der Waals surface area contributed by atoms with Crippen LogP contribution in [0, 0.1) is 0 Å². The van der Waals surface area contributed by atoms with Crippen LogP contribution in [0.1, 0.15) is 38.3 Å². The van der Waals surface area contributed by atoms with Crippen LogP contribution in [0.2, 0.25) is 0 Å². The van der Waals surface area contributed by atoms with Crippen molar-refractivity contribution in [3.05, 3.63) is 22.4 Å². The van der Waals surface area contributed by atoms with Crippen LogP contribution in [0.25, 0.3) is 0 Å². The SMILES string of the molecule is CCCCCCOC(=O)Cc1c[nH]c(=O)[nH]1. The van der Waals surface area contributed by atoms with E-state index in [1.54, 1.807) is 0 Å². The number of hydrogen-bond acceptors (Lipinski definition) is 3. The van der Waals surface area contributed by atoms with Gasteiger partial charge in [-0.2, -0.15) is 0 Å². The Kier molecular flexibility index (Phi) is 5.39. The van der Waals surface area contributed by atoms with Gasteiger partial charge in [0.15, 0.2) is 0 Å². The molecule has 0 amide bonds. The molecule has 0 aromatic carbocycles. The minimum absolute atomic E-state index is 0.118. The van der Waals surface area contributed by atoms with Crippen molar-refractivity contribution in [3.8, 4) is 0 Å². The average molecular weight is 226 g/mol. The number of carbonyl (C=O) groups excluding carboxylic acids is 1. The largest absolute Gasteiger partial charge is 0.465 e. The maximum absolute atomic E-state index is 11.3. The van der Waals surface area contributed by atoms with Gasteiger partial charge in [0, 0.05) is 11.9 Å². The molecule has 0 atom stereocenters. The van der Waals surface area contributed by atoms with E-state index >= 15 is 0 Å². The summed E-state index contributed by atoms with van der Waals surface area (Å²) in [6, 6.07) is 0. The van der Waals surface area contributed by atoms with E-state index in [0.29, 0.717) is 12.3 Å². The van der Waals surface area contributed by atoms with Gasteiger partial charge in [-0.1, -0.05) is 26.2 Å². The molecule has 1 aromatic rings. The summed E-state index contributed by atoms with van der Waals surface area (Å²) in [6.45, 7) is 2.60. The van der Waals surface area contributed by atoms with Gasteiger partial charge in [0.25, 0.3) is 0 Å². The van der Waals surface area contributed by atoms with Crippen molar-refractivity contribution in [2.45, 2.75) is 39.0 Å². The molecule has 0 radical (unpaired) electrons. The number of aromatic amines is 2. The average Bonchev–Trinajstić information content (AvgIpc) is 2.63. The summed E-state index contributed by atoms with van der Waals surface area (Å²) in [5, 5.41) is 0. The van der Waals surface area contributed by atoms with E-state index in [9.17, 15) is 9.59 Å². The van der Waals surface area contributed by atoms with Crippen LogP contribution in [0.5, 0.6) is 0 Å². The van der Waals surface area contributed by atoms with Gasteiger partial charge in [-0.25, -0.2) is 4.79 Å². The predicted octanol–water partition coefficient (Wildman–Crippen LogP) is 1.37. The second-order valence-corrected chi connectivity index (χ2v) is 3.73. The van der Waals surface area contributed by atoms with Crippen LogP contribution in [0.4, 0.5) is 0 Å². The molecule has 5 heteroatoms. The molecule has 0 saturated carbocycles. The van der Waals surface area contributed by atoms with E-state index in [-0.39, 0.29) is 18.1 Å². The lowest BCUT2D eigenvalue weighted by atomic mass is 10.2. The molecular weight excluding hydrogens is 208 g/mol. The minimum atomic E-state index is -0.300. The fourth-order valence-corrected chi connectivity index (χ4v) is 1.39. The van der Waals surface area contributed by atoms with E-state index in [0.717, 1.165) is 12.8 Å². The summed E-state index contributed by atoms with van der Waals surface area (Å²) in [5.74, 6) is -0.299. The maximum Gasteiger partial charge on any atom is 0.323 e. The smallest absolute Gasteiger partial charge is 0.323 e. The van der Waals surface area contributed by atoms with Crippen LogP contribution in [-0.4, -0.2) is 22.5 Å².